The highest BCUT2D eigenvalue weighted by atomic mass is 16.4. The number of aromatic nitrogens is 2. The molecule has 0 atom stereocenters. The molecule has 1 N–H and O–H groups in total. The highest BCUT2D eigenvalue weighted by Crippen LogP contribution is 2.01. The Morgan fingerprint density at radius 2 is 2.36 bits per heavy atom. The van der Waals surface area contributed by atoms with E-state index >= 15 is 0 Å². The number of carbonyl (C=O) groups is 2. The van der Waals surface area contributed by atoms with Crippen LogP contribution in [0.3, 0.4) is 0 Å². The van der Waals surface area contributed by atoms with Crippen LogP contribution in [0, 0.1) is 0 Å². The van der Waals surface area contributed by atoms with Gasteiger partial charge in [0.05, 0.1) is 5.69 Å². The first kappa shape index (κ1) is 10.2. The van der Waals surface area contributed by atoms with E-state index in [0.29, 0.717) is 12.2 Å². The summed E-state index contributed by atoms with van der Waals surface area (Å²) in [6, 6.07) is 1.70. The molecule has 0 amide bonds. The van der Waals surface area contributed by atoms with E-state index in [4.69, 9.17) is 5.11 Å². The summed E-state index contributed by atoms with van der Waals surface area (Å²) in [5, 5.41) is 12.3. The largest absolute Gasteiger partial charge is 0.475 e. The second-order valence-corrected chi connectivity index (χ2v) is 2.57. The highest BCUT2D eigenvalue weighted by molar-refractivity contribution is 6.38. The lowest BCUT2D eigenvalue weighted by Gasteiger charge is -1.97. The van der Waals surface area contributed by atoms with E-state index in [2.05, 4.69) is 5.10 Å². The fourth-order valence-corrected chi connectivity index (χ4v) is 0.981. The van der Waals surface area contributed by atoms with Crippen LogP contribution in [0.25, 0.3) is 6.08 Å². The predicted octanol–water partition coefficient (Wildman–Crippen LogP) is 0.570. The van der Waals surface area contributed by atoms with Crippen molar-refractivity contribution in [3.63, 3.8) is 0 Å². The van der Waals surface area contributed by atoms with Crippen LogP contribution in [0.1, 0.15) is 12.6 Å². The minimum atomic E-state index is -1.45. The van der Waals surface area contributed by atoms with Crippen molar-refractivity contribution < 1.29 is 14.7 Å². The summed E-state index contributed by atoms with van der Waals surface area (Å²) in [5.74, 6) is -2.39. The molecule has 1 rings (SSSR count). The summed E-state index contributed by atoms with van der Waals surface area (Å²) < 4.78 is 1.66. The van der Waals surface area contributed by atoms with Gasteiger partial charge in [0.25, 0.3) is 5.78 Å². The fourth-order valence-electron chi connectivity index (χ4n) is 0.981. The number of carboxylic acid groups (broad SMARTS) is 1. The average molecular weight is 194 g/mol. The summed E-state index contributed by atoms with van der Waals surface area (Å²) in [7, 11) is 0. The molecule has 14 heavy (non-hydrogen) atoms. The first-order valence-electron chi connectivity index (χ1n) is 4.12. The van der Waals surface area contributed by atoms with Gasteiger partial charge < -0.3 is 5.11 Å². The molecule has 1 heterocycles. The van der Waals surface area contributed by atoms with Crippen molar-refractivity contribution in [2.45, 2.75) is 13.5 Å². The maximum absolute atomic E-state index is 10.7. The summed E-state index contributed by atoms with van der Waals surface area (Å²) in [4.78, 5) is 20.9. The average Bonchev–Trinajstić information content (AvgIpc) is 2.60. The zero-order valence-corrected chi connectivity index (χ0v) is 7.67. The third kappa shape index (κ3) is 2.29. The Kier molecular flexibility index (Phi) is 3.17. The van der Waals surface area contributed by atoms with Crippen molar-refractivity contribution in [3.8, 4) is 0 Å². The van der Waals surface area contributed by atoms with Gasteiger partial charge in [-0.1, -0.05) is 0 Å². The van der Waals surface area contributed by atoms with Crippen molar-refractivity contribution in [2.75, 3.05) is 0 Å². The molecule has 1 aromatic heterocycles. The Balaban J connectivity index is 2.78. The molecule has 0 aliphatic carbocycles. The van der Waals surface area contributed by atoms with Gasteiger partial charge in [0.1, 0.15) is 0 Å². The van der Waals surface area contributed by atoms with Gasteiger partial charge in [0.2, 0.25) is 0 Å². The fraction of sp³-hybridized carbons (Fsp3) is 0.222. The van der Waals surface area contributed by atoms with Crippen LogP contribution in [-0.4, -0.2) is 26.6 Å². The molecule has 0 unspecified atom stereocenters. The Labute approximate surface area is 80.7 Å². The minimum absolute atomic E-state index is 0.675. The molecule has 5 heteroatoms. The zero-order valence-electron chi connectivity index (χ0n) is 7.67. The maximum Gasteiger partial charge on any atom is 0.376 e. The van der Waals surface area contributed by atoms with Crippen LogP contribution >= 0.6 is 0 Å². The Morgan fingerprint density at radius 1 is 1.64 bits per heavy atom. The first-order chi connectivity index (χ1) is 6.65. The van der Waals surface area contributed by atoms with E-state index in [9.17, 15) is 9.59 Å². The van der Waals surface area contributed by atoms with Gasteiger partial charge in [-0.2, -0.15) is 5.10 Å². The Hall–Kier alpha value is -1.91. The van der Waals surface area contributed by atoms with Gasteiger partial charge in [-0.3, -0.25) is 9.48 Å². The lowest BCUT2D eigenvalue weighted by molar-refractivity contribution is -0.146. The zero-order chi connectivity index (χ0) is 10.6. The predicted molar refractivity (Wildman–Crippen MR) is 49.6 cm³/mol. The number of aryl methyl sites for hydroxylation is 1. The van der Waals surface area contributed by atoms with Gasteiger partial charge >= 0.3 is 5.97 Å². The lowest BCUT2D eigenvalue weighted by Crippen LogP contribution is -2.08. The summed E-state index contributed by atoms with van der Waals surface area (Å²) in [6.45, 7) is 2.58. The van der Waals surface area contributed by atoms with Crippen molar-refractivity contribution in [1.82, 2.24) is 9.78 Å². The van der Waals surface area contributed by atoms with Crippen molar-refractivity contribution in [3.05, 3.63) is 24.0 Å². The van der Waals surface area contributed by atoms with E-state index in [-0.39, 0.29) is 0 Å². The van der Waals surface area contributed by atoms with Crippen LogP contribution < -0.4 is 0 Å². The molecule has 0 spiro atoms. The summed E-state index contributed by atoms with van der Waals surface area (Å²) in [5.41, 5.74) is 0.710. The van der Waals surface area contributed by atoms with Gasteiger partial charge in [0.15, 0.2) is 0 Å². The second-order valence-electron chi connectivity index (χ2n) is 2.57. The highest BCUT2D eigenvalue weighted by Gasteiger charge is 2.06. The molecule has 0 aromatic carbocycles. The molecule has 0 aliphatic rings. The molecule has 0 radical (unpaired) electrons. The number of carbonyl (C=O) groups excluding carboxylic acids is 1. The molecule has 0 bridgehead atoms. The summed E-state index contributed by atoms with van der Waals surface area (Å²) in [6.07, 6.45) is 4.05. The van der Waals surface area contributed by atoms with E-state index in [1.807, 2.05) is 6.92 Å². The molecular weight excluding hydrogens is 184 g/mol. The molecule has 1 aromatic rings. The Bertz CT molecular complexity index is 379. The number of ketones is 1. The summed E-state index contributed by atoms with van der Waals surface area (Å²) >= 11 is 0. The number of hydrogen-bond donors (Lipinski definition) is 1. The monoisotopic (exact) mass is 194 g/mol. The van der Waals surface area contributed by atoms with Gasteiger partial charge in [-0.05, 0) is 25.1 Å². The second kappa shape index (κ2) is 4.36. The van der Waals surface area contributed by atoms with E-state index in [1.54, 1.807) is 16.9 Å². The third-order valence-electron chi connectivity index (χ3n) is 1.67. The molecular formula is C9H10N2O3. The smallest absolute Gasteiger partial charge is 0.376 e. The van der Waals surface area contributed by atoms with Gasteiger partial charge in [-0.25, -0.2) is 4.79 Å². The minimum Gasteiger partial charge on any atom is -0.475 e. The maximum atomic E-state index is 10.7. The van der Waals surface area contributed by atoms with E-state index in [1.165, 1.54) is 6.08 Å². The van der Waals surface area contributed by atoms with Crippen LogP contribution in [0.5, 0.6) is 0 Å². The first-order valence-corrected chi connectivity index (χ1v) is 4.12. The van der Waals surface area contributed by atoms with E-state index in [0.717, 1.165) is 6.08 Å². The quantitative estimate of drug-likeness (QED) is 0.561. The van der Waals surface area contributed by atoms with Crippen LogP contribution in [-0.2, 0) is 16.1 Å². The number of aliphatic carboxylic acids is 1. The van der Waals surface area contributed by atoms with Crippen molar-refractivity contribution in [2.24, 2.45) is 0 Å². The van der Waals surface area contributed by atoms with Crippen LogP contribution in [0.4, 0.5) is 0 Å². The normalized spacial score (nSPS) is 10.6. The van der Waals surface area contributed by atoms with Gasteiger partial charge in [-0.15, -0.1) is 0 Å². The molecule has 0 fully saturated rings. The number of carboxylic acids is 1. The molecule has 5 nitrogen and oxygen atoms in total. The molecule has 0 saturated heterocycles. The van der Waals surface area contributed by atoms with Crippen LogP contribution in [0.2, 0.25) is 0 Å². The van der Waals surface area contributed by atoms with Gasteiger partial charge in [0, 0.05) is 12.7 Å². The van der Waals surface area contributed by atoms with Crippen molar-refractivity contribution >= 4 is 17.8 Å². The molecule has 0 saturated carbocycles. The topological polar surface area (TPSA) is 72.2 Å². The van der Waals surface area contributed by atoms with Crippen LogP contribution in [0.15, 0.2) is 18.3 Å². The molecule has 0 aliphatic heterocycles. The Morgan fingerprint density at radius 3 is 2.93 bits per heavy atom. The number of rotatable bonds is 4. The van der Waals surface area contributed by atoms with E-state index < -0.39 is 11.8 Å². The lowest BCUT2D eigenvalue weighted by atomic mass is 10.3. The molecule has 74 valence electrons. The number of nitrogens with zero attached hydrogens (tertiary/aromatic N) is 2. The SMILES string of the molecule is CCn1nccc1/C=C/C(=O)C(=O)O. The number of hydrogen-bond acceptors (Lipinski definition) is 3. The third-order valence-corrected chi connectivity index (χ3v) is 1.67. The van der Waals surface area contributed by atoms with Crippen molar-refractivity contribution in [1.29, 1.82) is 0 Å². The standard InChI is InChI=1S/C9H10N2O3/c1-2-11-7(5-6-10-11)3-4-8(12)9(13)14/h3-6H,2H2,1H3,(H,13,14)/b4-3+.